The van der Waals surface area contributed by atoms with Gasteiger partial charge in [-0.15, -0.1) is 0 Å². The lowest BCUT2D eigenvalue weighted by atomic mass is 9.95. The van der Waals surface area contributed by atoms with Crippen molar-refractivity contribution in [2.75, 3.05) is 0 Å². The van der Waals surface area contributed by atoms with E-state index in [0.29, 0.717) is 0 Å². The van der Waals surface area contributed by atoms with Crippen LogP contribution in [0.5, 0.6) is 0 Å². The second-order valence-corrected chi connectivity index (χ2v) is 3.91. The van der Waals surface area contributed by atoms with Crippen LogP contribution in [0.25, 0.3) is 0 Å². The van der Waals surface area contributed by atoms with Gasteiger partial charge in [-0.2, -0.15) is 4.21 Å². The number of ether oxygens (including phenoxy) is 1. The molecule has 0 aromatic carbocycles. The van der Waals surface area contributed by atoms with Gasteiger partial charge in [0.05, 0.1) is 12.2 Å². The lowest BCUT2D eigenvalue weighted by molar-refractivity contribution is 0.0584. The van der Waals surface area contributed by atoms with Gasteiger partial charge in [-0.1, -0.05) is 0 Å². The van der Waals surface area contributed by atoms with E-state index in [4.69, 9.17) is 13.1 Å². The first kappa shape index (κ1) is 6.54. The summed E-state index contributed by atoms with van der Waals surface area (Å²) >= 11 is -1.51. The lowest BCUT2D eigenvalue weighted by Gasteiger charge is -2.14. The van der Waals surface area contributed by atoms with Gasteiger partial charge in [-0.05, 0) is 12.8 Å². The zero-order valence-electron chi connectivity index (χ0n) is 5.76. The third-order valence-electron chi connectivity index (χ3n) is 2.52. The van der Waals surface area contributed by atoms with E-state index in [9.17, 15) is 4.21 Å². The molecule has 3 rings (SSSR count). The molecule has 62 valence electrons. The van der Waals surface area contributed by atoms with Crippen molar-refractivity contribution in [2.45, 2.75) is 37.3 Å². The van der Waals surface area contributed by atoms with Crippen LogP contribution in [0.3, 0.4) is 0 Å². The van der Waals surface area contributed by atoms with E-state index >= 15 is 0 Å². The SMILES string of the molecule is O=S1O[C@@H]2[C@H]3CCC(O3)[C@@H]2O1. The Bertz CT molecular complexity index is 199. The number of hydrogen-bond acceptors (Lipinski definition) is 4. The van der Waals surface area contributed by atoms with Crippen LogP contribution >= 0.6 is 0 Å². The molecule has 5 heteroatoms. The van der Waals surface area contributed by atoms with Crippen molar-refractivity contribution in [3.63, 3.8) is 0 Å². The Morgan fingerprint density at radius 2 is 1.64 bits per heavy atom. The molecule has 0 radical (unpaired) electrons. The second kappa shape index (κ2) is 2.04. The Labute approximate surface area is 66.7 Å². The van der Waals surface area contributed by atoms with Gasteiger partial charge in [-0.3, -0.25) is 8.37 Å². The minimum Gasteiger partial charge on any atom is -0.369 e. The topological polar surface area (TPSA) is 44.8 Å². The molecule has 0 aliphatic carbocycles. The molecular formula is C6H8O4S. The molecule has 4 nitrogen and oxygen atoms in total. The fourth-order valence-corrected chi connectivity index (χ4v) is 2.91. The van der Waals surface area contributed by atoms with Gasteiger partial charge >= 0.3 is 11.4 Å². The molecule has 0 amide bonds. The maximum absolute atomic E-state index is 10.8. The second-order valence-electron chi connectivity index (χ2n) is 3.12. The predicted octanol–water partition coefficient (Wildman–Crippen LogP) is -0.0897. The maximum Gasteiger partial charge on any atom is 0.305 e. The third-order valence-corrected chi connectivity index (χ3v) is 3.28. The average Bonchev–Trinajstić information content (AvgIpc) is 2.53. The summed E-state index contributed by atoms with van der Waals surface area (Å²) < 4.78 is 26.4. The van der Waals surface area contributed by atoms with Gasteiger partial charge < -0.3 is 4.74 Å². The van der Waals surface area contributed by atoms with Gasteiger partial charge in [0.15, 0.2) is 0 Å². The van der Waals surface area contributed by atoms with Gasteiger partial charge in [0.1, 0.15) is 12.2 Å². The quantitative estimate of drug-likeness (QED) is 0.517. The van der Waals surface area contributed by atoms with E-state index in [1.54, 1.807) is 0 Å². The number of hydrogen-bond donors (Lipinski definition) is 0. The standard InChI is InChI=1S/C6H8O4S/c7-11-9-5-3-1-2-4(8-3)6(5)10-11/h3-6H,1-2H2/t3-,4?,5-,6+,11?/m1/s1. The van der Waals surface area contributed by atoms with Crippen LogP contribution in [-0.2, 0) is 24.5 Å². The summed E-state index contributed by atoms with van der Waals surface area (Å²) in [6.07, 6.45) is 2.19. The number of fused-ring (bicyclic) bond motifs is 5. The first-order valence-corrected chi connectivity index (χ1v) is 4.76. The zero-order valence-corrected chi connectivity index (χ0v) is 6.58. The Morgan fingerprint density at radius 3 is 2.18 bits per heavy atom. The normalized spacial score (nSPS) is 60.2. The third kappa shape index (κ3) is 0.767. The van der Waals surface area contributed by atoms with Crippen molar-refractivity contribution in [2.24, 2.45) is 0 Å². The van der Waals surface area contributed by atoms with Crippen LogP contribution in [0.1, 0.15) is 12.8 Å². The van der Waals surface area contributed by atoms with Crippen LogP contribution in [0.15, 0.2) is 0 Å². The van der Waals surface area contributed by atoms with Gasteiger partial charge in [-0.25, -0.2) is 0 Å². The van der Waals surface area contributed by atoms with E-state index in [0.717, 1.165) is 12.8 Å². The average molecular weight is 176 g/mol. The van der Waals surface area contributed by atoms with Gasteiger partial charge in [0, 0.05) is 0 Å². The summed E-state index contributed by atoms with van der Waals surface area (Å²) in [6.45, 7) is 0. The summed E-state index contributed by atoms with van der Waals surface area (Å²) in [4.78, 5) is 0. The molecule has 3 heterocycles. The van der Waals surface area contributed by atoms with Crippen LogP contribution in [0, 0.1) is 0 Å². The van der Waals surface area contributed by atoms with E-state index in [1.165, 1.54) is 0 Å². The Kier molecular flexibility index (Phi) is 1.21. The monoisotopic (exact) mass is 176 g/mol. The molecule has 3 saturated heterocycles. The molecule has 0 aromatic rings. The first-order chi connectivity index (χ1) is 5.34. The highest BCUT2D eigenvalue weighted by atomic mass is 32.2. The molecule has 5 atom stereocenters. The molecule has 0 saturated carbocycles. The van der Waals surface area contributed by atoms with Crippen LogP contribution in [0.4, 0.5) is 0 Å². The highest BCUT2D eigenvalue weighted by molar-refractivity contribution is 7.75. The molecule has 0 spiro atoms. The van der Waals surface area contributed by atoms with Gasteiger partial charge in [0.25, 0.3) is 0 Å². The summed E-state index contributed by atoms with van der Waals surface area (Å²) in [6, 6.07) is 0. The van der Waals surface area contributed by atoms with Crippen molar-refractivity contribution >= 4 is 11.4 Å². The van der Waals surface area contributed by atoms with Crippen LogP contribution < -0.4 is 0 Å². The van der Waals surface area contributed by atoms with E-state index in [-0.39, 0.29) is 24.4 Å². The molecule has 3 aliphatic heterocycles. The summed E-state index contributed by atoms with van der Waals surface area (Å²) in [5.41, 5.74) is 0. The van der Waals surface area contributed by atoms with Crippen LogP contribution in [0.2, 0.25) is 0 Å². The molecule has 11 heavy (non-hydrogen) atoms. The Hall–Kier alpha value is 0.0300. The van der Waals surface area contributed by atoms with Crippen molar-refractivity contribution < 1.29 is 17.3 Å². The highest BCUT2D eigenvalue weighted by Gasteiger charge is 2.56. The number of rotatable bonds is 0. The minimum absolute atomic E-state index is 0.0606. The zero-order chi connectivity index (χ0) is 7.42. The van der Waals surface area contributed by atoms with E-state index < -0.39 is 11.4 Å². The summed E-state index contributed by atoms with van der Waals surface area (Å²) in [5, 5.41) is 0. The fraction of sp³-hybridized carbons (Fsp3) is 1.00. The van der Waals surface area contributed by atoms with Crippen LogP contribution in [-0.4, -0.2) is 28.6 Å². The maximum atomic E-state index is 10.8. The Balaban J connectivity index is 1.92. The molecule has 2 unspecified atom stereocenters. The lowest BCUT2D eigenvalue weighted by Crippen LogP contribution is -2.33. The van der Waals surface area contributed by atoms with Crippen molar-refractivity contribution in [1.82, 2.24) is 0 Å². The van der Waals surface area contributed by atoms with Gasteiger partial charge in [0.2, 0.25) is 0 Å². The smallest absolute Gasteiger partial charge is 0.305 e. The fourth-order valence-electron chi connectivity index (χ4n) is 2.03. The van der Waals surface area contributed by atoms with Crippen molar-refractivity contribution in [3.8, 4) is 0 Å². The van der Waals surface area contributed by atoms with Crippen molar-refractivity contribution in [1.29, 1.82) is 0 Å². The first-order valence-electron chi connectivity index (χ1n) is 3.76. The summed E-state index contributed by atoms with van der Waals surface area (Å²) in [5.74, 6) is 0. The molecule has 0 aromatic heterocycles. The molecular weight excluding hydrogens is 168 g/mol. The van der Waals surface area contributed by atoms with E-state index in [1.807, 2.05) is 0 Å². The minimum atomic E-state index is -1.51. The predicted molar refractivity (Wildman–Crippen MR) is 35.8 cm³/mol. The molecule has 2 bridgehead atoms. The molecule has 3 aliphatic rings. The highest BCUT2D eigenvalue weighted by Crippen LogP contribution is 2.42. The van der Waals surface area contributed by atoms with Crippen molar-refractivity contribution in [3.05, 3.63) is 0 Å². The summed E-state index contributed by atoms with van der Waals surface area (Å²) in [7, 11) is 0. The van der Waals surface area contributed by atoms with E-state index in [2.05, 4.69) is 0 Å². The largest absolute Gasteiger partial charge is 0.369 e. The molecule has 3 fully saturated rings. The molecule has 0 N–H and O–H groups in total. The Morgan fingerprint density at radius 1 is 1.09 bits per heavy atom.